The summed E-state index contributed by atoms with van der Waals surface area (Å²) in [6.07, 6.45) is 17.8. The van der Waals surface area contributed by atoms with Gasteiger partial charge < -0.3 is 5.32 Å². The van der Waals surface area contributed by atoms with Gasteiger partial charge >= 0.3 is 0 Å². The maximum Gasteiger partial charge on any atom is 0.0123 e. The number of rotatable bonds is 5. The maximum atomic E-state index is 3.90. The van der Waals surface area contributed by atoms with Crippen molar-refractivity contribution in [2.24, 2.45) is 17.8 Å². The lowest BCUT2D eigenvalue weighted by Crippen LogP contribution is -2.44. The quantitative estimate of drug-likeness (QED) is 0.696. The Kier molecular flexibility index (Phi) is 7.41. The fourth-order valence-corrected chi connectivity index (χ4v) is 4.76. The van der Waals surface area contributed by atoms with Crippen LogP contribution >= 0.6 is 0 Å². The van der Waals surface area contributed by atoms with E-state index in [9.17, 15) is 0 Å². The van der Waals surface area contributed by atoms with Crippen molar-refractivity contribution in [3.8, 4) is 0 Å². The van der Waals surface area contributed by atoms with Crippen LogP contribution in [-0.2, 0) is 0 Å². The highest BCUT2D eigenvalue weighted by Crippen LogP contribution is 2.37. The summed E-state index contributed by atoms with van der Waals surface area (Å²) >= 11 is 0. The molecule has 118 valence electrons. The van der Waals surface area contributed by atoms with E-state index in [0.29, 0.717) is 0 Å². The molecule has 1 atom stereocenters. The fraction of sp³-hybridized carbons (Fsp3) is 1.00. The Bertz CT molecular complexity index is 234. The third-order valence-corrected chi connectivity index (χ3v) is 6.07. The van der Waals surface area contributed by atoms with Crippen LogP contribution in [0.15, 0.2) is 0 Å². The van der Waals surface area contributed by atoms with Crippen molar-refractivity contribution in [1.82, 2.24) is 5.32 Å². The lowest BCUT2D eigenvalue weighted by Gasteiger charge is -2.39. The Labute approximate surface area is 127 Å². The lowest BCUT2D eigenvalue weighted by molar-refractivity contribution is 0.159. The van der Waals surface area contributed by atoms with E-state index in [4.69, 9.17) is 0 Å². The van der Waals surface area contributed by atoms with Gasteiger partial charge in [0.05, 0.1) is 0 Å². The van der Waals surface area contributed by atoms with E-state index in [1.54, 1.807) is 0 Å². The second-order valence-corrected chi connectivity index (χ2v) is 7.38. The second kappa shape index (κ2) is 9.07. The molecular weight excluding hydrogens is 242 g/mol. The third-order valence-electron chi connectivity index (χ3n) is 6.07. The molecule has 2 aliphatic rings. The maximum absolute atomic E-state index is 3.90. The van der Waals surface area contributed by atoms with Gasteiger partial charge in [0.2, 0.25) is 0 Å². The SMILES string of the molecule is CCNC(C1CCCCCCC1)C1CCC(CC)CC1. The van der Waals surface area contributed by atoms with E-state index in [-0.39, 0.29) is 0 Å². The highest BCUT2D eigenvalue weighted by Gasteiger charge is 2.31. The summed E-state index contributed by atoms with van der Waals surface area (Å²) in [5.41, 5.74) is 0. The zero-order valence-corrected chi connectivity index (χ0v) is 14.0. The minimum Gasteiger partial charge on any atom is -0.314 e. The molecule has 0 aromatic carbocycles. The van der Waals surface area contributed by atoms with Crippen LogP contribution in [0.3, 0.4) is 0 Å². The average Bonchev–Trinajstić information content (AvgIpc) is 2.45. The van der Waals surface area contributed by atoms with Crippen molar-refractivity contribution in [2.75, 3.05) is 6.54 Å². The zero-order chi connectivity index (χ0) is 14.2. The van der Waals surface area contributed by atoms with Gasteiger partial charge in [-0.15, -0.1) is 0 Å². The van der Waals surface area contributed by atoms with Gasteiger partial charge in [-0.2, -0.15) is 0 Å². The van der Waals surface area contributed by atoms with Crippen LogP contribution in [0.1, 0.15) is 90.9 Å². The minimum absolute atomic E-state index is 0.830. The summed E-state index contributed by atoms with van der Waals surface area (Å²) in [5.74, 6) is 2.98. The summed E-state index contributed by atoms with van der Waals surface area (Å²) in [6.45, 7) is 5.84. The first-order valence-corrected chi connectivity index (χ1v) is 9.58. The standard InChI is InChI=1S/C19H37N/c1-3-16-12-14-18(15-13-16)19(20-4-2)17-10-8-6-5-7-9-11-17/h16-20H,3-15H2,1-2H3. The molecule has 0 bridgehead atoms. The molecule has 2 saturated carbocycles. The molecule has 20 heavy (non-hydrogen) atoms. The van der Waals surface area contributed by atoms with Gasteiger partial charge in [0.15, 0.2) is 0 Å². The second-order valence-electron chi connectivity index (χ2n) is 7.38. The zero-order valence-electron chi connectivity index (χ0n) is 14.0. The molecule has 0 heterocycles. The van der Waals surface area contributed by atoms with Crippen molar-refractivity contribution in [3.05, 3.63) is 0 Å². The third kappa shape index (κ3) is 4.76. The average molecular weight is 280 g/mol. The number of nitrogens with one attached hydrogen (secondary N) is 1. The molecule has 1 N–H and O–H groups in total. The van der Waals surface area contributed by atoms with Gasteiger partial charge in [0.25, 0.3) is 0 Å². The lowest BCUT2D eigenvalue weighted by atomic mass is 9.72. The summed E-state index contributed by atoms with van der Waals surface area (Å²) in [5, 5.41) is 3.90. The van der Waals surface area contributed by atoms with Crippen LogP contribution < -0.4 is 5.32 Å². The van der Waals surface area contributed by atoms with Crippen molar-refractivity contribution < 1.29 is 0 Å². The normalized spacial score (nSPS) is 31.5. The van der Waals surface area contributed by atoms with Crippen LogP contribution in [0, 0.1) is 17.8 Å². The summed E-state index contributed by atoms with van der Waals surface area (Å²) in [4.78, 5) is 0. The van der Waals surface area contributed by atoms with Gasteiger partial charge in [-0.25, -0.2) is 0 Å². The largest absolute Gasteiger partial charge is 0.314 e. The van der Waals surface area contributed by atoms with Crippen molar-refractivity contribution >= 4 is 0 Å². The van der Waals surface area contributed by atoms with Crippen molar-refractivity contribution in [1.29, 1.82) is 0 Å². The van der Waals surface area contributed by atoms with E-state index in [0.717, 1.165) is 30.3 Å². The van der Waals surface area contributed by atoms with Crippen molar-refractivity contribution in [3.63, 3.8) is 0 Å². The van der Waals surface area contributed by atoms with Gasteiger partial charge in [-0.1, -0.05) is 65.2 Å². The first kappa shape index (κ1) is 16.3. The predicted octanol–water partition coefficient (Wildman–Crippen LogP) is 5.54. The first-order valence-electron chi connectivity index (χ1n) is 9.58. The summed E-state index contributed by atoms with van der Waals surface area (Å²) in [7, 11) is 0. The fourth-order valence-electron chi connectivity index (χ4n) is 4.76. The first-order chi connectivity index (χ1) is 9.85. The smallest absolute Gasteiger partial charge is 0.0123 e. The Morgan fingerprint density at radius 1 is 0.750 bits per heavy atom. The molecular formula is C19H37N. The van der Waals surface area contributed by atoms with E-state index >= 15 is 0 Å². The molecule has 2 fully saturated rings. The van der Waals surface area contributed by atoms with Crippen LogP contribution in [-0.4, -0.2) is 12.6 Å². The predicted molar refractivity (Wildman–Crippen MR) is 89.0 cm³/mol. The monoisotopic (exact) mass is 279 g/mol. The van der Waals surface area contributed by atoms with E-state index in [1.807, 2.05) is 0 Å². The molecule has 2 rings (SSSR count). The van der Waals surface area contributed by atoms with E-state index in [2.05, 4.69) is 19.2 Å². The van der Waals surface area contributed by atoms with Gasteiger partial charge in [0.1, 0.15) is 0 Å². The van der Waals surface area contributed by atoms with Crippen LogP contribution in [0.5, 0.6) is 0 Å². The topological polar surface area (TPSA) is 12.0 Å². The van der Waals surface area contributed by atoms with Gasteiger partial charge in [0, 0.05) is 6.04 Å². The van der Waals surface area contributed by atoms with Crippen LogP contribution in [0.4, 0.5) is 0 Å². The highest BCUT2D eigenvalue weighted by molar-refractivity contribution is 4.87. The van der Waals surface area contributed by atoms with Gasteiger partial charge in [-0.05, 0) is 50.0 Å². The summed E-state index contributed by atoms with van der Waals surface area (Å²) in [6, 6.07) is 0.830. The molecule has 0 aromatic rings. The Morgan fingerprint density at radius 3 is 1.85 bits per heavy atom. The molecule has 1 nitrogen and oxygen atoms in total. The Morgan fingerprint density at radius 2 is 1.30 bits per heavy atom. The summed E-state index contributed by atoms with van der Waals surface area (Å²) < 4.78 is 0. The van der Waals surface area contributed by atoms with Crippen molar-refractivity contribution in [2.45, 2.75) is 96.9 Å². The molecule has 0 aliphatic heterocycles. The molecule has 2 aliphatic carbocycles. The molecule has 0 radical (unpaired) electrons. The number of hydrogen-bond donors (Lipinski definition) is 1. The minimum atomic E-state index is 0.830. The molecule has 0 aromatic heterocycles. The van der Waals surface area contributed by atoms with Crippen LogP contribution in [0.2, 0.25) is 0 Å². The van der Waals surface area contributed by atoms with Gasteiger partial charge in [-0.3, -0.25) is 0 Å². The molecule has 0 saturated heterocycles. The Hall–Kier alpha value is -0.0400. The van der Waals surface area contributed by atoms with Crippen LogP contribution in [0.25, 0.3) is 0 Å². The molecule has 0 spiro atoms. The van der Waals surface area contributed by atoms with E-state index in [1.165, 1.54) is 77.0 Å². The molecule has 1 unspecified atom stereocenters. The number of hydrogen-bond acceptors (Lipinski definition) is 1. The highest BCUT2D eigenvalue weighted by atomic mass is 14.9. The Balaban J connectivity index is 1.90. The van der Waals surface area contributed by atoms with E-state index < -0.39 is 0 Å². The molecule has 1 heteroatoms. The molecule has 0 amide bonds.